The number of hydrogen-bond donors (Lipinski definition) is 1. The second-order valence-corrected chi connectivity index (χ2v) is 8.44. The van der Waals surface area contributed by atoms with Crippen LogP contribution in [0.4, 0.5) is 0 Å². The molecule has 1 amide bonds. The molecule has 6 heteroatoms. The van der Waals surface area contributed by atoms with Crippen LogP contribution < -0.4 is 4.74 Å². The molecule has 0 spiro atoms. The van der Waals surface area contributed by atoms with Gasteiger partial charge in [-0.25, -0.2) is 0 Å². The summed E-state index contributed by atoms with van der Waals surface area (Å²) in [5.74, 6) is -0.870. The maximum atomic E-state index is 13.1. The standard InChI is InChI=1S/C25H20INO4/c1-31-20-13-9-18(10-14-20)23(28)21-22(17-7-11-19(26)12-8-17)27(25(30)24(21)29)15-16-5-3-2-4-6-16/h2-14,22,28H,15H2,1H3/b23-21+. The van der Waals surface area contributed by atoms with E-state index in [0.717, 1.165) is 14.7 Å². The number of amides is 1. The first kappa shape index (κ1) is 21.1. The summed E-state index contributed by atoms with van der Waals surface area (Å²) in [4.78, 5) is 27.6. The topological polar surface area (TPSA) is 66.8 Å². The van der Waals surface area contributed by atoms with Gasteiger partial charge in [0.05, 0.1) is 18.7 Å². The van der Waals surface area contributed by atoms with Gasteiger partial charge in [-0.3, -0.25) is 9.59 Å². The fraction of sp³-hybridized carbons (Fsp3) is 0.120. The lowest BCUT2D eigenvalue weighted by Gasteiger charge is -2.25. The molecule has 0 radical (unpaired) electrons. The Kier molecular flexibility index (Phi) is 6.08. The van der Waals surface area contributed by atoms with Gasteiger partial charge in [0.25, 0.3) is 11.7 Å². The Hall–Kier alpha value is -3.13. The van der Waals surface area contributed by atoms with Gasteiger partial charge >= 0.3 is 0 Å². The number of nitrogens with zero attached hydrogens (tertiary/aromatic N) is 1. The third kappa shape index (κ3) is 4.20. The minimum absolute atomic E-state index is 0.0901. The molecule has 1 fully saturated rings. The average molecular weight is 525 g/mol. The Morgan fingerprint density at radius 2 is 1.61 bits per heavy atom. The number of likely N-dealkylation sites (tertiary alicyclic amines) is 1. The van der Waals surface area contributed by atoms with Crippen molar-refractivity contribution in [1.82, 2.24) is 4.90 Å². The highest BCUT2D eigenvalue weighted by Crippen LogP contribution is 2.40. The molecule has 1 atom stereocenters. The van der Waals surface area contributed by atoms with Crippen LogP contribution in [0.25, 0.3) is 5.76 Å². The summed E-state index contributed by atoms with van der Waals surface area (Å²) in [6, 6.07) is 23.2. The third-order valence-electron chi connectivity index (χ3n) is 5.28. The van der Waals surface area contributed by atoms with Crippen LogP contribution in [0.15, 0.2) is 84.4 Å². The lowest BCUT2D eigenvalue weighted by atomic mass is 9.95. The van der Waals surface area contributed by atoms with E-state index in [0.29, 0.717) is 11.3 Å². The highest BCUT2D eigenvalue weighted by atomic mass is 127. The summed E-state index contributed by atoms with van der Waals surface area (Å²) in [5.41, 5.74) is 2.22. The first-order chi connectivity index (χ1) is 15.0. The number of rotatable bonds is 5. The Bertz CT molecular complexity index is 1140. The molecule has 1 N–H and O–H groups in total. The van der Waals surface area contributed by atoms with Gasteiger partial charge in [-0.05, 0) is 70.1 Å². The molecule has 4 rings (SSSR count). The van der Waals surface area contributed by atoms with Crippen molar-refractivity contribution < 1.29 is 19.4 Å². The Morgan fingerprint density at radius 1 is 0.968 bits per heavy atom. The normalized spacial score (nSPS) is 17.7. The molecule has 0 bridgehead atoms. The average Bonchev–Trinajstić information content (AvgIpc) is 3.05. The number of ether oxygens (including phenoxy) is 1. The van der Waals surface area contributed by atoms with Gasteiger partial charge in [0, 0.05) is 15.7 Å². The van der Waals surface area contributed by atoms with Gasteiger partial charge in [0.15, 0.2) is 0 Å². The number of aliphatic hydroxyl groups excluding tert-OH is 1. The molecule has 1 saturated heterocycles. The van der Waals surface area contributed by atoms with Crippen LogP contribution in [0.1, 0.15) is 22.7 Å². The van der Waals surface area contributed by atoms with E-state index in [1.54, 1.807) is 31.4 Å². The summed E-state index contributed by atoms with van der Waals surface area (Å²) in [5, 5.41) is 11.1. The largest absolute Gasteiger partial charge is 0.507 e. The highest BCUT2D eigenvalue weighted by molar-refractivity contribution is 14.1. The second-order valence-electron chi connectivity index (χ2n) is 7.19. The summed E-state index contributed by atoms with van der Waals surface area (Å²) in [6.07, 6.45) is 0. The molecule has 31 heavy (non-hydrogen) atoms. The second kappa shape index (κ2) is 8.93. The molecule has 3 aromatic carbocycles. The van der Waals surface area contributed by atoms with Crippen molar-refractivity contribution in [2.24, 2.45) is 0 Å². The Morgan fingerprint density at radius 3 is 2.23 bits per heavy atom. The minimum Gasteiger partial charge on any atom is -0.507 e. The van der Waals surface area contributed by atoms with E-state index in [9.17, 15) is 14.7 Å². The predicted molar refractivity (Wildman–Crippen MR) is 126 cm³/mol. The van der Waals surface area contributed by atoms with E-state index in [1.165, 1.54) is 4.90 Å². The van der Waals surface area contributed by atoms with Crippen molar-refractivity contribution >= 4 is 40.0 Å². The Balaban J connectivity index is 1.84. The van der Waals surface area contributed by atoms with Gasteiger partial charge in [0.1, 0.15) is 11.5 Å². The zero-order valence-corrected chi connectivity index (χ0v) is 18.9. The monoisotopic (exact) mass is 525 g/mol. The molecular formula is C25H20INO4. The van der Waals surface area contributed by atoms with Crippen LogP contribution in [0, 0.1) is 3.57 Å². The highest BCUT2D eigenvalue weighted by Gasteiger charge is 2.46. The molecule has 0 saturated carbocycles. The number of benzene rings is 3. The van der Waals surface area contributed by atoms with E-state index in [1.807, 2.05) is 54.6 Å². The quantitative estimate of drug-likeness (QED) is 0.222. The van der Waals surface area contributed by atoms with Crippen molar-refractivity contribution in [3.63, 3.8) is 0 Å². The summed E-state index contributed by atoms with van der Waals surface area (Å²) in [6.45, 7) is 0.265. The van der Waals surface area contributed by atoms with E-state index < -0.39 is 17.7 Å². The van der Waals surface area contributed by atoms with Gasteiger partial charge in [-0.15, -0.1) is 0 Å². The van der Waals surface area contributed by atoms with E-state index in [-0.39, 0.29) is 17.9 Å². The van der Waals surface area contributed by atoms with Crippen molar-refractivity contribution in [3.05, 3.63) is 105 Å². The number of halogens is 1. The molecule has 0 aliphatic carbocycles. The molecule has 1 aliphatic heterocycles. The lowest BCUT2D eigenvalue weighted by Crippen LogP contribution is -2.29. The number of Topliss-reactive ketones (excluding diaryl/α,β-unsaturated/α-hetero) is 1. The Labute approximate surface area is 194 Å². The van der Waals surface area contributed by atoms with Crippen LogP contribution in [-0.4, -0.2) is 28.8 Å². The molecule has 1 aliphatic rings. The summed E-state index contributed by atoms with van der Waals surface area (Å²) >= 11 is 2.21. The number of aliphatic hydroxyl groups is 1. The molecule has 1 unspecified atom stereocenters. The van der Waals surface area contributed by atoms with Gasteiger partial charge in [0.2, 0.25) is 0 Å². The van der Waals surface area contributed by atoms with Crippen LogP contribution in [0.2, 0.25) is 0 Å². The smallest absolute Gasteiger partial charge is 0.295 e. The van der Waals surface area contributed by atoms with Crippen molar-refractivity contribution in [2.75, 3.05) is 7.11 Å². The molecule has 156 valence electrons. The van der Waals surface area contributed by atoms with Crippen LogP contribution >= 0.6 is 22.6 Å². The van der Waals surface area contributed by atoms with E-state index in [2.05, 4.69) is 22.6 Å². The molecule has 3 aromatic rings. The van der Waals surface area contributed by atoms with E-state index >= 15 is 0 Å². The fourth-order valence-corrected chi connectivity index (χ4v) is 4.08. The minimum atomic E-state index is -0.687. The zero-order chi connectivity index (χ0) is 22.0. The first-order valence-electron chi connectivity index (χ1n) is 9.72. The number of ketones is 1. The maximum Gasteiger partial charge on any atom is 0.295 e. The van der Waals surface area contributed by atoms with Crippen molar-refractivity contribution in [2.45, 2.75) is 12.6 Å². The van der Waals surface area contributed by atoms with Gasteiger partial charge in [-0.2, -0.15) is 0 Å². The van der Waals surface area contributed by atoms with Crippen LogP contribution in [0.5, 0.6) is 5.75 Å². The molecular weight excluding hydrogens is 505 g/mol. The van der Waals surface area contributed by atoms with Crippen LogP contribution in [-0.2, 0) is 16.1 Å². The van der Waals surface area contributed by atoms with Crippen LogP contribution in [0.3, 0.4) is 0 Å². The third-order valence-corrected chi connectivity index (χ3v) is 6.00. The predicted octanol–water partition coefficient (Wildman–Crippen LogP) is 4.92. The fourth-order valence-electron chi connectivity index (χ4n) is 3.72. The maximum absolute atomic E-state index is 13.1. The molecule has 5 nitrogen and oxygen atoms in total. The van der Waals surface area contributed by atoms with Crippen molar-refractivity contribution in [1.29, 1.82) is 0 Å². The summed E-state index contributed by atoms with van der Waals surface area (Å²) in [7, 11) is 1.56. The van der Waals surface area contributed by atoms with E-state index in [4.69, 9.17) is 4.74 Å². The van der Waals surface area contributed by atoms with Gasteiger partial charge < -0.3 is 14.7 Å². The number of carbonyl (C=O) groups excluding carboxylic acids is 2. The first-order valence-corrected chi connectivity index (χ1v) is 10.8. The number of methoxy groups -OCH3 is 1. The number of hydrogen-bond acceptors (Lipinski definition) is 4. The van der Waals surface area contributed by atoms with Gasteiger partial charge in [-0.1, -0.05) is 42.5 Å². The molecule has 1 heterocycles. The lowest BCUT2D eigenvalue weighted by molar-refractivity contribution is -0.140. The SMILES string of the molecule is COc1ccc(/C(O)=C2\C(=O)C(=O)N(Cc3ccccc3)C2c2ccc(I)cc2)cc1. The number of carbonyl (C=O) groups is 2. The zero-order valence-electron chi connectivity index (χ0n) is 16.8. The van der Waals surface area contributed by atoms with Crippen molar-refractivity contribution in [3.8, 4) is 5.75 Å². The summed E-state index contributed by atoms with van der Waals surface area (Å²) < 4.78 is 6.21. The molecule has 0 aromatic heterocycles.